The average molecular weight is 416 g/mol. The molecule has 0 aliphatic carbocycles. The zero-order valence-electron chi connectivity index (χ0n) is 16.7. The fourth-order valence-corrected chi connectivity index (χ4v) is 4.16. The fraction of sp³-hybridized carbons (Fsp3) is 0.130. The molecule has 0 aliphatic rings. The van der Waals surface area contributed by atoms with Gasteiger partial charge in [-0.2, -0.15) is 0 Å². The van der Waals surface area contributed by atoms with E-state index < -0.39 is 11.2 Å². The van der Waals surface area contributed by atoms with Crippen LogP contribution in [0.15, 0.2) is 78.2 Å². The minimum atomic E-state index is -0.578. The summed E-state index contributed by atoms with van der Waals surface area (Å²) in [6.45, 7) is 4.14. The molecule has 150 valence electrons. The molecule has 0 fully saturated rings. The van der Waals surface area contributed by atoms with Crippen LogP contribution in [0.1, 0.15) is 21.9 Å². The average Bonchev–Trinajstić information content (AvgIpc) is 3.18. The predicted octanol–water partition coefficient (Wildman–Crippen LogP) is 4.26. The van der Waals surface area contributed by atoms with Crippen LogP contribution in [0.5, 0.6) is 0 Å². The van der Waals surface area contributed by atoms with Gasteiger partial charge in [-0.05, 0) is 54.8 Å². The number of benzene rings is 2. The number of aromatic nitrogens is 4. The number of nitrogens with two attached hydrogens (primary N) is 1. The van der Waals surface area contributed by atoms with E-state index in [1.165, 1.54) is 17.3 Å². The van der Waals surface area contributed by atoms with E-state index in [2.05, 4.69) is 41.2 Å². The van der Waals surface area contributed by atoms with Crippen LogP contribution < -0.4 is 5.73 Å². The van der Waals surface area contributed by atoms with Gasteiger partial charge < -0.3 is 5.73 Å². The van der Waals surface area contributed by atoms with E-state index >= 15 is 0 Å². The third-order valence-corrected chi connectivity index (χ3v) is 6.12. The molecule has 4 aromatic rings. The van der Waals surface area contributed by atoms with Crippen molar-refractivity contribution in [3.8, 4) is 17.1 Å². The van der Waals surface area contributed by atoms with Gasteiger partial charge in [-0.3, -0.25) is 14.3 Å². The number of pyridine rings is 1. The molecule has 30 heavy (non-hydrogen) atoms. The Morgan fingerprint density at radius 1 is 0.967 bits per heavy atom. The van der Waals surface area contributed by atoms with Crippen molar-refractivity contribution in [2.75, 3.05) is 0 Å². The highest BCUT2D eigenvalue weighted by Gasteiger charge is 2.25. The molecule has 7 heteroatoms. The zero-order chi connectivity index (χ0) is 21.1. The molecule has 1 atom stereocenters. The van der Waals surface area contributed by atoms with Gasteiger partial charge in [-0.1, -0.05) is 48.2 Å². The van der Waals surface area contributed by atoms with Gasteiger partial charge in [0.15, 0.2) is 11.0 Å². The Kier molecular flexibility index (Phi) is 5.63. The Bertz CT molecular complexity index is 1170. The number of rotatable bonds is 6. The Hall–Kier alpha value is -3.45. The molecule has 0 radical (unpaired) electrons. The van der Waals surface area contributed by atoms with Crippen LogP contribution in [0.25, 0.3) is 17.1 Å². The topological polar surface area (TPSA) is 86.7 Å². The summed E-state index contributed by atoms with van der Waals surface area (Å²) in [5.41, 5.74) is 10.7. The smallest absolute Gasteiger partial charge is 0.235 e. The van der Waals surface area contributed by atoms with Gasteiger partial charge in [0.2, 0.25) is 5.91 Å². The molecule has 1 amide bonds. The van der Waals surface area contributed by atoms with Crippen molar-refractivity contribution >= 4 is 17.7 Å². The summed E-state index contributed by atoms with van der Waals surface area (Å²) in [6.07, 6.45) is 3.44. The van der Waals surface area contributed by atoms with Crippen LogP contribution in [0.3, 0.4) is 0 Å². The van der Waals surface area contributed by atoms with E-state index in [4.69, 9.17) is 5.73 Å². The second-order valence-corrected chi connectivity index (χ2v) is 8.03. The van der Waals surface area contributed by atoms with Crippen molar-refractivity contribution in [2.45, 2.75) is 24.3 Å². The van der Waals surface area contributed by atoms with E-state index in [0.29, 0.717) is 11.0 Å². The van der Waals surface area contributed by atoms with E-state index in [0.717, 1.165) is 22.4 Å². The Morgan fingerprint density at radius 3 is 2.37 bits per heavy atom. The highest BCUT2D eigenvalue weighted by Crippen LogP contribution is 2.37. The third-order valence-electron chi connectivity index (χ3n) is 4.90. The number of carbonyl (C=O) groups excluding carboxylic acids is 1. The Morgan fingerprint density at radius 2 is 1.70 bits per heavy atom. The highest BCUT2D eigenvalue weighted by atomic mass is 32.2. The minimum Gasteiger partial charge on any atom is -0.368 e. The maximum atomic E-state index is 12.3. The molecule has 0 spiro atoms. The van der Waals surface area contributed by atoms with Crippen molar-refractivity contribution in [3.63, 3.8) is 0 Å². The lowest BCUT2D eigenvalue weighted by molar-refractivity contribution is -0.117. The normalized spacial score (nSPS) is 11.9. The lowest BCUT2D eigenvalue weighted by atomic mass is 10.1. The number of thioether (sulfide) groups is 1. The first kappa shape index (κ1) is 19.8. The maximum Gasteiger partial charge on any atom is 0.235 e. The van der Waals surface area contributed by atoms with E-state index in [-0.39, 0.29) is 0 Å². The number of nitrogens with zero attached hydrogens (tertiary/aromatic N) is 4. The number of hydrogen-bond acceptors (Lipinski definition) is 5. The molecular weight excluding hydrogens is 394 g/mol. The van der Waals surface area contributed by atoms with E-state index in [1.54, 1.807) is 12.4 Å². The summed E-state index contributed by atoms with van der Waals surface area (Å²) in [6, 6.07) is 19.4. The summed E-state index contributed by atoms with van der Waals surface area (Å²) in [5.74, 6) is 0.255. The van der Waals surface area contributed by atoms with Gasteiger partial charge >= 0.3 is 0 Å². The first-order valence-electron chi connectivity index (χ1n) is 9.49. The molecule has 0 aliphatic heterocycles. The SMILES string of the molecule is Cc1ccc(-n2c(S[C@H](C(N)=O)c3ccccc3)nnc2-c2ccncc2)cc1C. The summed E-state index contributed by atoms with van der Waals surface area (Å²) < 4.78 is 1.96. The highest BCUT2D eigenvalue weighted by molar-refractivity contribution is 8.00. The molecule has 2 aromatic carbocycles. The first-order chi connectivity index (χ1) is 14.5. The fourth-order valence-electron chi connectivity index (χ4n) is 3.16. The second kappa shape index (κ2) is 8.51. The molecule has 0 unspecified atom stereocenters. The van der Waals surface area contributed by atoms with Crippen LogP contribution in [-0.4, -0.2) is 25.7 Å². The predicted molar refractivity (Wildman–Crippen MR) is 118 cm³/mol. The molecule has 0 bridgehead atoms. The Balaban J connectivity index is 1.84. The first-order valence-corrected chi connectivity index (χ1v) is 10.4. The number of primary amides is 1. The Labute approximate surface area is 179 Å². The van der Waals surface area contributed by atoms with Crippen LogP contribution >= 0.6 is 11.8 Å². The van der Waals surface area contributed by atoms with Gasteiger partial charge in [0.25, 0.3) is 0 Å². The van der Waals surface area contributed by atoms with Gasteiger partial charge in [0.1, 0.15) is 5.25 Å². The number of amides is 1. The molecule has 0 saturated heterocycles. The summed E-state index contributed by atoms with van der Waals surface area (Å²) >= 11 is 1.30. The standard InChI is InChI=1S/C23H21N5OS/c1-15-8-9-19(14-16(15)2)28-22(18-10-12-25-13-11-18)26-27-23(28)30-20(21(24)29)17-6-4-3-5-7-17/h3-14,20H,1-2H3,(H2,24,29)/t20-/m0/s1. The summed E-state index contributed by atoms with van der Waals surface area (Å²) in [5, 5.41) is 8.87. The third kappa shape index (κ3) is 3.97. The quantitative estimate of drug-likeness (QED) is 0.475. The van der Waals surface area contributed by atoms with E-state index in [1.807, 2.05) is 53.1 Å². The molecule has 2 N–H and O–H groups in total. The lowest BCUT2D eigenvalue weighted by Crippen LogP contribution is -2.19. The number of carbonyl (C=O) groups is 1. The van der Waals surface area contributed by atoms with Crippen molar-refractivity contribution in [2.24, 2.45) is 5.73 Å². The molecule has 0 saturated carbocycles. The van der Waals surface area contributed by atoms with Crippen LogP contribution in [0, 0.1) is 13.8 Å². The minimum absolute atomic E-state index is 0.425. The van der Waals surface area contributed by atoms with Crippen LogP contribution in [0.2, 0.25) is 0 Å². The van der Waals surface area contributed by atoms with Gasteiger partial charge in [-0.15, -0.1) is 10.2 Å². The number of aryl methyl sites for hydroxylation is 2. The van der Waals surface area contributed by atoms with Crippen LogP contribution in [0.4, 0.5) is 0 Å². The van der Waals surface area contributed by atoms with Gasteiger partial charge in [0.05, 0.1) is 5.69 Å². The maximum absolute atomic E-state index is 12.3. The lowest BCUT2D eigenvalue weighted by Gasteiger charge is -2.16. The van der Waals surface area contributed by atoms with Gasteiger partial charge in [0, 0.05) is 18.0 Å². The monoisotopic (exact) mass is 415 g/mol. The van der Waals surface area contributed by atoms with Gasteiger partial charge in [-0.25, -0.2) is 0 Å². The summed E-state index contributed by atoms with van der Waals surface area (Å²) in [4.78, 5) is 16.4. The van der Waals surface area contributed by atoms with Crippen molar-refractivity contribution in [1.29, 1.82) is 0 Å². The van der Waals surface area contributed by atoms with Crippen LogP contribution in [-0.2, 0) is 4.79 Å². The summed E-state index contributed by atoms with van der Waals surface area (Å²) in [7, 11) is 0. The number of hydrogen-bond donors (Lipinski definition) is 1. The molecular formula is C23H21N5OS. The van der Waals surface area contributed by atoms with Crippen molar-refractivity contribution < 1.29 is 4.79 Å². The zero-order valence-corrected chi connectivity index (χ0v) is 17.5. The van der Waals surface area contributed by atoms with Crippen molar-refractivity contribution in [1.82, 2.24) is 19.7 Å². The molecule has 2 heterocycles. The second-order valence-electron chi connectivity index (χ2n) is 6.96. The van der Waals surface area contributed by atoms with E-state index in [9.17, 15) is 4.79 Å². The van der Waals surface area contributed by atoms with Crippen molar-refractivity contribution in [3.05, 3.63) is 89.7 Å². The molecule has 4 rings (SSSR count). The molecule has 6 nitrogen and oxygen atoms in total. The largest absolute Gasteiger partial charge is 0.368 e. The molecule has 2 aromatic heterocycles.